The van der Waals surface area contributed by atoms with Gasteiger partial charge in [-0.1, -0.05) is 13.8 Å². The van der Waals surface area contributed by atoms with E-state index in [1.54, 1.807) is 13.8 Å². The van der Waals surface area contributed by atoms with Crippen molar-refractivity contribution in [1.29, 1.82) is 0 Å². The maximum absolute atomic E-state index is 14.1. The van der Waals surface area contributed by atoms with Gasteiger partial charge < -0.3 is 10.6 Å². The van der Waals surface area contributed by atoms with Gasteiger partial charge in [-0.3, -0.25) is 9.59 Å². The first-order valence-electron chi connectivity index (χ1n) is 9.04. The molecule has 0 aromatic heterocycles. The summed E-state index contributed by atoms with van der Waals surface area (Å²) in [5.41, 5.74) is -0.869. The fourth-order valence-electron chi connectivity index (χ4n) is 2.62. The second-order valence-electron chi connectivity index (χ2n) is 6.19. The molecule has 0 aliphatic rings. The molecule has 0 heterocycles. The minimum atomic E-state index is -4.18. The summed E-state index contributed by atoms with van der Waals surface area (Å²) in [4.78, 5) is 23.4. The number of nitrogens with one attached hydrogen (secondary N) is 2. The van der Waals surface area contributed by atoms with Gasteiger partial charge in [0.05, 0.1) is 12.2 Å². The molecule has 0 spiro atoms. The maximum Gasteiger partial charge on any atom is 0.251 e. The van der Waals surface area contributed by atoms with Gasteiger partial charge in [0, 0.05) is 18.7 Å². The van der Waals surface area contributed by atoms with Crippen molar-refractivity contribution < 1.29 is 35.6 Å². The number of carbonyl (C=O) groups excluding carboxylic acids is 2. The van der Waals surface area contributed by atoms with Crippen LogP contribution in [0.3, 0.4) is 0 Å². The Labute approximate surface area is 176 Å². The van der Waals surface area contributed by atoms with Crippen LogP contribution in [0.4, 0.5) is 23.2 Å². The van der Waals surface area contributed by atoms with Crippen molar-refractivity contribution in [1.82, 2.24) is 9.62 Å². The number of carbonyl (C=O) groups is 2. The molecule has 0 saturated carbocycles. The van der Waals surface area contributed by atoms with E-state index in [-0.39, 0.29) is 18.7 Å². The van der Waals surface area contributed by atoms with Crippen LogP contribution in [0.25, 0.3) is 0 Å². The summed E-state index contributed by atoms with van der Waals surface area (Å²) in [5, 5.41) is 4.11. The molecule has 2 aromatic rings. The van der Waals surface area contributed by atoms with Gasteiger partial charge in [-0.15, -0.1) is 0 Å². The summed E-state index contributed by atoms with van der Waals surface area (Å²) in [7, 11) is -4.18. The number of sulfonamides is 1. The van der Waals surface area contributed by atoms with Crippen molar-refractivity contribution in [3.63, 3.8) is 0 Å². The number of nitrogens with zero attached hydrogens (tertiary/aromatic N) is 1. The highest BCUT2D eigenvalue weighted by Gasteiger charge is 2.26. The van der Waals surface area contributed by atoms with Crippen LogP contribution in [0, 0.1) is 23.3 Å². The lowest BCUT2D eigenvalue weighted by atomic mass is 10.2. The standard InChI is InChI=1S/C19H19F4N3O4S/c1-3-26(4-2)31(29,30)15-9-11(5-6-12(15)20)19(28)24-10-16(27)25-14-8-7-13(21)17(22)18(14)23/h5-9H,3-4,10H2,1-2H3,(H,24,28)(H,25,27). The van der Waals surface area contributed by atoms with E-state index in [9.17, 15) is 35.6 Å². The van der Waals surface area contributed by atoms with Gasteiger partial charge >= 0.3 is 0 Å². The Hall–Kier alpha value is -2.99. The lowest BCUT2D eigenvalue weighted by molar-refractivity contribution is -0.115. The average Bonchev–Trinajstić information content (AvgIpc) is 2.73. The van der Waals surface area contributed by atoms with Gasteiger partial charge in [0.2, 0.25) is 15.9 Å². The zero-order chi connectivity index (χ0) is 23.3. The normalized spacial score (nSPS) is 11.5. The predicted octanol–water partition coefficient (Wildman–Crippen LogP) is 2.64. The number of benzene rings is 2. The van der Waals surface area contributed by atoms with Crippen LogP contribution in [-0.4, -0.2) is 44.2 Å². The van der Waals surface area contributed by atoms with Gasteiger partial charge in [-0.2, -0.15) is 4.31 Å². The summed E-state index contributed by atoms with van der Waals surface area (Å²) in [6.07, 6.45) is 0. The first-order chi connectivity index (χ1) is 14.5. The Morgan fingerprint density at radius 2 is 1.55 bits per heavy atom. The van der Waals surface area contributed by atoms with Crippen LogP contribution in [0.5, 0.6) is 0 Å². The minimum absolute atomic E-state index is 0.0927. The van der Waals surface area contributed by atoms with E-state index in [1.807, 2.05) is 5.32 Å². The lowest BCUT2D eigenvalue weighted by Crippen LogP contribution is -2.34. The zero-order valence-corrected chi connectivity index (χ0v) is 17.3. The van der Waals surface area contributed by atoms with Crippen LogP contribution in [0.2, 0.25) is 0 Å². The van der Waals surface area contributed by atoms with Crippen LogP contribution in [0.15, 0.2) is 35.2 Å². The van der Waals surface area contributed by atoms with Crippen molar-refractivity contribution in [3.8, 4) is 0 Å². The molecule has 2 amide bonds. The predicted molar refractivity (Wildman–Crippen MR) is 104 cm³/mol. The van der Waals surface area contributed by atoms with Crippen molar-refractivity contribution in [3.05, 3.63) is 59.2 Å². The molecule has 12 heteroatoms. The molecule has 7 nitrogen and oxygen atoms in total. The highest BCUT2D eigenvalue weighted by atomic mass is 32.2. The smallest absolute Gasteiger partial charge is 0.251 e. The minimum Gasteiger partial charge on any atom is -0.343 e. The van der Waals surface area contributed by atoms with Gasteiger partial charge in [-0.05, 0) is 30.3 Å². The number of amides is 2. The fraction of sp³-hybridized carbons (Fsp3) is 0.263. The van der Waals surface area contributed by atoms with Gasteiger partial charge in [0.25, 0.3) is 5.91 Å². The summed E-state index contributed by atoms with van der Waals surface area (Å²) in [6, 6.07) is 4.09. The molecular weight excluding hydrogens is 442 g/mol. The highest BCUT2D eigenvalue weighted by molar-refractivity contribution is 7.89. The van der Waals surface area contributed by atoms with Crippen molar-refractivity contribution in [2.45, 2.75) is 18.7 Å². The van der Waals surface area contributed by atoms with E-state index in [0.29, 0.717) is 6.07 Å². The SMILES string of the molecule is CCN(CC)S(=O)(=O)c1cc(C(=O)NCC(=O)Nc2ccc(F)c(F)c2F)ccc1F. The van der Waals surface area contributed by atoms with E-state index >= 15 is 0 Å². The lowest BCUT2D eigenvalue weighted by Gasteiger charge is -2.19. The van der Waals surface area contributed by atoms with Crippen molar-refractivity contribution >= 4 is 27.5 Å². The number of hydrogen-bond donors (Lipinski definition) is 2. The summed E-state index contributed by atoms with van der Waals surface area (Å²) < 4.78 is 79.9. The zero-order valence-electron chi connectivity index (χ0n) is 16.5. The van der Waals surface area contributed by atoms with Gasteiger partial charge in [0.1, 0.15) is 10.7 Å². The third-order valence-corrected chi connectivity index (χ3v) is 6.30. The van der Waals surface area contributed by atoms with Crippen molar-refractivity contribution in [2.75, 3.05) is 25.0 Å². The van der Waals surface area contributed by atoms with E-state index in [0.717, 1.165) is 28.6 Å². The van der Waals surface area contributed by atoms with E-state index in [4.69, 9.17) is 0 Å². The Morgan fingerprint density at radius 1 is 0.935 bits per heavy atom. The second kappa shape index (κ2) is 9.88. The van der Waals surface area contributed by atoms with Crippen LogP contribution in [-0.2, 0) is 14.8 Å². The highest BCUT2D eigenvalue weighted by Crippen LogP contribution is 2.21. The number of rotatable bonds is 8. The molecular formula is C19H19F4N3O4S. The van der Waals surface area contributed by atoms with Gasteiger partial charge in [0.15, 0.2) is 17.5 Å². The Bertz CT molecular complexity index is 1110. The topological polar surface area (TPSA) is 95.6 Å². The van der Waals surface area contributed by atoms with Gasteiger partial charge in [-0.25, -0.2) is 26.0 Å². The molecule has 2 aromatic carbocycles. The quantitative estimate of drug-likeness (QED) is 0.467. The van der Waals surface area contributed by atoms with E-state index in [1.165, 1.54) is 0 Å². The molecule has 2 rings (SSSR count). The number of hydrogen-bond acceptors (Lipinski definition) is 4. The summed E-state index contributed by atoms with van der Waals surface area (Å²) in [6.45, 7) is 2.63. The number of anilines is 1. The van der Waals surface area contributed by atoms with Crippen LogP contribution < -0.4 is 10.6 Å². The molecule has 0 fully saturated rings. The molecule has 0 radical (unpaired) electrons. The third-order valence-electron chi connectivity index (χ3n) is 4.24. The van der Waals surface area contributed by atoms with Crippen molar-refractivity contribution in [2.24, 2.45) is 0 Å². The molecule has 0 aliphatic heterocycles. The Kier molecular flexibility index (Phi) is 7.74. The van der Waals surface area contributed by atoms with E-state index < -0.39 is 62.2 Å². The molecule has 0 aliphatic carbocycles. The van der Waals surface area contributed by atoms with E-state index in [2.05, 4.69) is 5.32 Å². The molecule has 0 unspecified atom stereocenters. The molecule has 0 saturated heterocycles. The number of halogens is 4. The average molecular weight is 461 g/mol. The largest absolute Gasteiger partial charge is 0.343 e. The fourth-order valence-corrected chi connectivity index (χ4v) is 4.17. The second-order valence-corrected chi connectivity index (χ2v) is 8.09. The third kappa shape index (κ3) is 5.39. The van der Waals surface area contributed by atoms with Crippen LogP contribution >= 0.6 is 0 Å². The Morgan fingerprint density at radius 3 is 2.16 bits per heavy atom. The molecule has 0 bridgehead atoms. The monoisotopic (exact) mass is 461 g/mol. The van der Waals surface area contributed by atoms with Crippen LogP contribution in [0.1, 0.15) is 24.2 Å². The first-order valence-corrected chi connectivity index (χ1v) is 10.5. The summed E-state index contributed by atoms with van der Waals surface area (Å²) >= 11 is 0. The molecule has 31 heavy (non-hydrogen) atoms. The molecule has 168 valence electrons. The first kappa shape index (κ1) is 24.3. The molecule has 2 N–H and O–H groups in total. The Balaban J connectivity index is 2.13. The molecule has 0 atom stereocenters. The summed E-state index contributed by atoms with van der Waals surface area (Å²) in [5.74, 6) is -7.72. The maximum atomic E-state index is 14.1.